The summed E-state index contributed by atoms with van der Waals surface area (Å²) in [6, 6.07) is 9.72. The van der Waals surface area contributed by atoms with Crippen LogP contribution in [-0.4, -0.2) is 42.9 Å². The first kappa shape index (κ1) is 17.6. The third-order valence-electron chi connectivity index (χ3n) is 4.62. The van der Waals surface area contributed by atoms with Crippen LogP contribution in [0.15, 0.2) is 41.1 Å². The van der Waals surface area contributed by atoms with Gasteiger partial charge in [-0.1, -0.05) is 12.1 Å². The van der Waals surface area contributed by atoms with Crippen molar-refractivity contribution in [1.29, 1.82) is 0 Å². The molecule has 0 spiro atoms. The van der Waals surface area contributed by atoms with Gasteiger partial charge in [-0.15, -0.1) is 0 Å². The number of likely N-dealkylation sites (tertiary alicyclic amines) is 1. The van der Waals surface area contributed by atoms with Gasteiger partial charge >= 0.3 is 0 Å². The maximum atomic E-state index is 12.3. The molecular weight excluding hydrogens is 334 g/mol. The number of hydrogen-bond donors (Lipinski definition) is 2. The minimum atomic E-state index is -0.223. The molecule has 0 saturated carbocycles. The van der Waals surface area contributed by atoms with E-state index in [9.17, 15) is 9.59 Å². The zero-order valence-corrected chi connectivity index (χ0v) is 14.9. The van der Waals surface area contributed by atoms with Crippen LogP contribution in [0.5, 0.6) is 0 Å². The van der Waals surface area contributed by atoms with Crippen molar-refractivity contribution in [2.24, 2.45) is 11.7 Å². The molecule has 2 aromatic rings. The van der Waals surface area contributed by atoms with Gasteiger partial charge < -0.3 is 16.0 Å². The lowest BCUT2D eigenvalue weighted by Crippen LogP contribution is -2.44. The lowest BCUT2D eigenvalue weighted by atomic mass is 9.97. The molecule has 1 aromatic heterocycles. The van der Waals surface area contributed by atoms with Gasteiger partial charge in [0.1, 0.15) is 0 Å². The molecule has 3 rings (SSSR count). The molecule has 6 heteroatoms. The molecule has 0 bridgehead atoms. The van der Waals surface area contributed by atoms with Gasteiger partial charge in [0.15, 0.2) is 0 Å². The number of rotatable bonds is 6. The summed E-state index contributed by atoms with van der Waals surface area (Å²) in [5, 5.41) is 7.08. The Balaban J connectivity index is 1.47. The van der Waals surface area contributed by atoms with Crippen molar-refractivity contribution in [2.45, 2.75) is 12.8 Å². The molecule has 1 unspecified atom stereocenters. The van der Waals surface area contributed by atoms with Crippen LogP contribution in [-0.2, 0) is 4.79 Å². The summed E-state index contributed by atoms with van der Waals surface area (Å²) in [5.74, 6) is -0.353. The molecule has 5 nitrogen and oxygen atoms in total. The number of carbonyl (C=O) groups is 2. The number of carbonyl (C=O) groups excluding carboxylic acids is 2. The number of benzene rings is 1. The number of hydrogen-bond acceptors (Lipinski definition) is 4. The fourth-order valence-corrected chi connectivity index (χ4v) is 3.83. The van der Waals surface area contributed by atoms with E-state index in [0.717, 1.165) is 31.5 Å². The van der Waals surface area contributed by atoms with Crippen molar-refractivity contribution in [3.63, 3.8) is 0 Å². The van der Waals surface area contributed by atoms with Crippen molar-refractivity contribution in [2.75, 3.05) is 26.2 Å². The van der Waals surface area contributed by atoms with Crippen LogP contribution >= 0.6 is 11.3 Å². The first-order valence-corrected chi connectivity index (χ1v) is 9.50. The van der Waals surface area contributed by atoms with E-state index in [4.69, 9.17) is 5.73 Å². The van der Waals surface area contributed by atoms with Crippen molar-refractivity contribution in [1.82, 2.24) is 10.2 Å². The predicted octanol–water partition coefficient (Wildman–Crippen LogP) is 2.34. The Bertz CT molecular complexity index is 713. The van der Waals surface area contributed by atoms with Gasteiger partial charge in [0.05, 0.1) is 5.92 Å². The van der Waals surface area contributed by atoms with Crippen LogP contribution in [0, 0.1) is 5.92 Å². The molecule has 2 heterocycles. The summed E-state index contributed by atoms with van der Waals surface area (Å²) in [5.41, 5.74) is 8.34. The normalized spacial score (nSPS) is 18.0. The van der Waals surface area contributed by atoms with Gasteiger partial charge in [0.25, 0.3) is 5.91 Å². The summed E-state index contributed by atoms with van der Waals surface area (Å²) < 4.78 is 0. The molecule has 2 amide bonds. The number of nitrogens with zero attached hydrogens (tertiary/aromatic N) is 1. The number of nitrogens with two attached hydrogens (primary N) is 1. The molecule has 3 N–H and O–H groups in total. The zero-order chi connectivity index (χ0) is 17.6. The van der Waals surface area contributed by atoms with Crippen LogP contribution in [0.2, 0.25) is 0 Å². The quantitative estimate of drug-likeness (QED) is 0.833. The van der Waals surface area contributed by atoms with Gasteiger partial charge in [0, 0.05) is 25.2 Å². The molecule has 1 atom stereocenters. The molecule has 1 aliphatic rings. The van der Waals surface area contributed by atoms with Gasteiger partial charge in [-0.2, -0.15) is 11.3 Å². The molecule has 25 heavy (non-hydrogen) atoms. The van der Waals surface area contributed by atoms with Crippen LogP contribution in [0.25, 0.3) is 11.1 Å². The predicted molar refractivity (Wildman–Crippen MR) is 100 cm³/mol. The lowest BCUT2D eigenvalue weighted by molar-refractivity contribution is -0.123. The second-order valence-electron chi connectivity index (χ2n) is 6.39. The number of primary amides is 1. The van der Waals surface area contributed by atoms with E-state index in [1.165, 1.54) is 5.56 Å². The monoisotopic (exact) mass is 357 g/mol. The number of piperidine rings is 1. The fraction of sp³-hybridized carbons (Fsp3) is 0.368. The molecule has 1 aliphatic heterocycles. The minimum Gasteiger partial charge on any atom is -0.369 e. The average Bonchev–Trinajstić information content (AvgIpc) is 3.17. The second-order valence-corrected chi connectivity index (χ2v) is 7.17. The third kappa shape index (κ3) is 4.67. The van der Waals surface area contributed by atoms with Crippen LogP contribution in [0.3, 0.4) is 0 Å². The first-order chi connectivity index (χ1) is 12.1. The van der Waals surface area contributed by atoms with Crippen molar-refractivity contribution < 1.29 is 9.59 Å². The van der Waals surface area contributed by atoms with Crippen molar-refractivity contribution in [3.8, 4) is 11.1 Å². The summed E-state index contributed by atoms with van der Waals surface area (Å²) in [7, 11) is 0. The van der Waals surface area contributed by atoms with Gasteiger partial charge in [0.2, 0.25) is 5.91 Å². The summed E-state index contributed by atoms with van der Waals surface area (Å²) in [6.07, 6.45) is 1.85. The summed E-state index contributed by atoms with van der Waals surface area (Å²) in [6.45, 7) is 2.95. The molecule has 1 aromatic carbocycles. The molecule has 1 fully saturated rings. The smallest absolute Gasteiger partial charge is 0.251 e. The minimum absolute atomic E-state index is 0.0610. The highest BCUT2D eigenvalue weighted by Gasteiger charge is 2.23. The van der Waals surface area contributed by atoms with Gasteiger partial charge in [-0.05, 0) is 59.5 Å². The maximum Gasteiger partial charge on any atom is 0.251 e. The van der Waals surface area contributed by atoms with Crippen molar-refractivity contribution in [3.05, 3.63) is 46.7 Å². The largest absolute Gasteiger partial charge is 0.369 e. The SMILES string of the molecule is NC(=O)C1CCCN(CCNC(=O)c2ccc(-c3ccsc3)cc2)C1. The standard InChI is InChI=1S/C19H23N3O2S/c20-18(23)16-2-1-9-22(12-16)10-8-21-19(24)15-5-3-14(4-6-15)17-7-11-25-13-17/h3-7,11,13,16H,1-2,8-10,12H2,(H2,20,23)(H,21,24). The highest BCUT2D eigenvalue weighted by Crippen LogP contribution is 2.22. The van der Waals surface area contributed by atoms with E-state index in [1.807, 2.05) is 29.6 Å². The van der Waals surface area contributed by atoms with E-state index >= 15 is 0 Å². The summed E-state index contributed by atoms with van der Waals surface area (Å²) >= 11 is 1.66. The average molecular weight is 357 g/mol. The molecule has 1 saturated heterocycles. The molecule has 0 radical (unpaired) electrons. The Kier molecular flexibility index (Phi) is 5.83. The Hall–Kier alpha value is -2.18. The number of amides is 2. The van der Waals surface area contributed by atoms with Crippen LogP contribution < -0.4 is 11.1 Å². The van der Waals surface area contributed by atoms with Crippen LogP contribution in [0.4, 0.5) is 0 Å². The molecular formula is C19H23N3O2S. The Morgan fingerprint density at radius 2 is 2.00 bits per heavy atom. The van der Waals surface area contributed by atoms with E-state index in [1.54, 1.807) is 11.3 Å². The van der Waals surface area contributed by atoms with Crippen LogP contribution in [0.1, 0.15) is 23.2 Å². The highest BCUT2D eigenvalue weighted by atomic mass is 32.1. The summed E-state index contributed by atoms with van der Waals surface area (Å²) in [4.78, 5) is 25.8. The molecule has 132 valence electrons. The van der Waals surface area contributed by atoms with E-state index in [0.29, 0.717) is 18.7 Å². The zero-order valence-electron chi connectivity index (χ0n) is 14.1. The van der Waals surface area contributed by atoms with E-state index in [2.05, 4.69) is 21.7 Å². The van der Waals surface area contributed by atoms with Crippen molar-refractivity contribution >= 4 is 23.2 Å². The Labute approximate surface area is 151 Å². The number of nitrogens with one attached hydrogen (secondary N) is 1. The van der Waals surface area contributed by atoms with Gasteiger partial charge in [-0.3, -0.25) is 9.59 Å². The van der Waals surface area contributed by atoms with Gasteiger partial charge in [-0.25, -0.2) is 0 Å². The maximum absolute atomic E-state index is 12.3. The number of thiophene rings is 1. The van der Waals surface area contributed by atoms with E-state index in [-0.39, 0.29) is 17.7 Å². The first-order valence-electron chi connectivity index (χ1n) is 8.56. The third-order valence-corrected chi connectivity index (χ3v) is 5.31. The molecule has 0 aliphatic carbocycles. The topological polar surface area (TPSA) is 75.4 Å². The Morgan fingerprint density at radius 3 is 2.68 bits per heavy atom. The highest BCUT2D eigenvalue weighted by molar-refractivity contribution is 7.08. The lowest BCUT2D eigenvalue weighted by Gasteiger charge is -2.31. The fourth-order valence-electron chi connectivity index (χ4n) is 3.16. The second kappa shape index (κ2) is 8.27. The van der Waals surface area contributed by atoms with E-state index < -0.39 is 0 Å². The Morgan fingerprint density at radius 1 is 1.20 bits per heavy atom.